The summed E-state index contributed by atoms with van der Waals surface area (Å²) >= 11 is 8.25. The van der Waals surface area contributed by atoms with Crippen molar-refractivity contribution in [3.8, 4) is 10.2 Å². The van der Waals surface area contributed by atoms with Gasteiger partial charge in [0, 0.05) is 18.6 Å². The van der Waals surface area contributed by atoms with Crippen LogP contribution in [0.1, 0.15) is 6.93 Å². The molecule has 0 aliphatic carbocycles. The summed E-state index contributed by atoms with van der Waals surface area (Å²) in [7, 11) is 1.50. The van der Waals surface area contributed by atoms with Gasteiger partial charge < -0.3 is 4.74 Å². The summed E-state index contributed by atoms with van der Waals surface area (Å²) in [5.41, 5.74) is 0.116. The standard InChI is InChI=1S/C9H7ClN6O2S2/c1-15-9(17)16(14-13-15)7-5(6(10)12-20-7)4-18-8-11-2-3-19-8/h2-3H,4H2,1H3/i2T. The summed E-state index contributed by atoms with van der Waals surface area (Å²) in [6.07, 6.45) is 0.134. The molecule has 0 radical (unpaired) electrons. The van der Waals surface area contributed by atoms with Crippen LogP contribution in [0.3, 0.4) is 0 Å². The molecule has 11 heteroatoms. The fourth-order valence-corrected chi connectivity index (χ4v) is 2.87. The van der Waals surface area contributed by atoms with Gasteiger partial charge in [-0.3, -0.25) is 0 Å². The lowest BCUT2D eigenvalue weighted by Gasteiger charge is -2.02. The Morgan fingerprint density at radius 1 is 1.55 bits per heavy atom. The van der Waals surface area contributed by atoms with Crippen molar-refractivity contribution in [1.29, 1.82) is 0 Å². The van der Waals surface area contributed by atoms with Gasteiger partial charge in [0.15, 0.2) is 10.2 Å². The van der Waals surface area contributed by atoms with Gasteiger partial charge in [-0.25, -0.2) is 9.78 Å². The molecule has 0 amide bonds. The fraction of sp³-hybridized carbons (Fsp3) is 0.222. The van der Waals surface area contributed by atoms with Gasteiger partial charge in [-0.15, -0.1) is 4.68 Å². The van der Waals surface area contributed by atoms with Crippen LogP contribution >= 0.6 is 34.5 Å². The number of aryl methyl sites for hydroxylation is 1. The molecule has 8 nitrogen and oxygen atoms in total. The molecule has 0 aromatic carbocycles. The van der Waals surface area contributed by atoms with Crippen LogP contribution in [0.15, 0.2) is 16.3 Å². The Kier molecular flexibility index (Phi) is 3.18. The van der Waals surface area contributed by atoms with Gasteiger partial charge in [0.1, 0.15) is 6.61 Å². The average molecular weight is 333 g/mol. The summed E-state index contributed by atoms with van der Waals surface area (Å²) < 4.78 is 19.0. The van der Waals surface area contributed by atoms with E-state index in [9.17, 15) is 4.79 Å². The maximum atomic E-state index is 11.9. The van der Waals surface area contributed by atoms with Crippen LogP contribution < -0.4 is 10.4 Å². The van der Waals surface area contributed by atoms with E-state index < -0.39 is 5.69 Å². The van der Waals surface area contributed by atoms with Gasteiger partial charge >= 0.3 is 5.69 Å². The first kappa shape index (κ1) is 12.0. The van der Waals surface area contributed by atoms with E-state index in [1.165, 1.54) is 18.4 Å². The number of rotatable bonds is 4. The number of tetrazole rings is 1. The molecule has 0 aliphatic heterocycles. The zero-order chi connectivity index (χ0) is 15.0. The van der Waals surface area contributed by atoms with Crippen molar-refractivity contribution >= 4 is 34.5 Å². The maximum Gasteiger partial charge on any atom is 0.369 e. The maximum absolute atomic E-state index is 11.9. The van der Waals surface area contributed by atoms with Crippen molar-refractivity contribution in [2.75, 3.05) is 0 Å². The van der Waals surface area contributed by atoms with Crippen LogP contribution in [0.4, 0.5) is 0 Å². The van der Waals surface area contributed by atoms with E-state index in [-0.39, 0.29) is 17.9 Å². The van der Waals surface area contributed by atoms with Crippen molar-refractivity contribution in [1.82, 2.24) is 29.1 Å². The van der Waals surface area contributed by atoms with Gasteiger partial charge in [-0.1, -0.05) is 22.9 Å². The normalized spacial score (nSPS) is 11.6. The van der Waals surface area contributed by atoms with E-state index in [4.69, 9.17) is 17.7 Å². The summed E-state index contributed by atoms with van der Waals surface area (Å²) in [5.74, 6) is 0. The lowest BCUT2D eigenvalue weighted by molar-refractivity contribution is 0.304. The molecule has 0 atom stereocenters. The minimum absolute atomic E-state index is 0.0701. The number of halogens is 1. The minimum atomic E-state index is -0.403. The van der Waals surface area contributed by atoms with Gasteiger partial charge in [0.05, 0.1) is 6.93 Å². The van der Waals surface area contributed by atoms with Crippen molar-refractivity contribution in [2.45, 2.75) is 6.61 Å². The molecule has 0 fully saturated rings. The molecule has 0 bridgehead atoms. The highest BCUT2D eigenvalue weighted by atomic mass is 35.5. The molecule has 0 spiro atoms. The molecule has 3 aromatic heterocycles. The largest absolute Gasteiger partial charge is 0.465 e. The van der Waals surface area contributed by atoms with E-state index in [0.29, 0.717) is 15.8 Å². The predicted octanol–water partition coefficient (Wildman–Crippen LogP) is 1.11. The zero-order valence-corrected chi connectivity index (χ0v) is 12.4. The topological polar surface area (TPSA) is 87.7 Å². The van der Waals surface area contributed by atoms with Crippen molar-refractivity contribution in [2.24, 2.45) is 7.05 Å². The minimum Gasteiger partial charge on any atom is -0.465 e. The molecule has 3 heterocycles. The molecule has 3 aromatic rings. The summed E-state index contributed by atoms with van der Waals surface area (Å²) in [6.45, 7) is 0.0701. The molecule has 0 saturated heterocycles. The van der Waals surface area contributed by atoms with Gasteiger partial charge in [0.2, 0.25) is 0 Å². The summed E-state index contributed by atoms with van der Waals surface area (Å²) in [5, 5.41) is 9.97. The Balaban J connectivity index is 1.90. The van der Waals surface area contributed by atoms with Gasteiger partial charge in [0.25, 0.3) is 5.19 Å². The third kappa shape index (κ3) is 2.32. The van der Waals surface area contributed by atoms with Crippen molar-refractivity contribution in [3.63, 3.8) is 0 Å². The molecular weight excluding hydrogens is 324 g/mol. The first-order valence-electron chi connectivity index (χ1n) is 5.74. The van der Waals surface area contributed by atoms with Crippen LogP contribution in [-0.2, 0) is 13.7 Å². The lowest BCUT2D eigenvalue weighted by atomic mass is 10.4. The molecule has 3 rings (SSSR count). The molecule has 20 heavy (non-hydrogen) atoms. The van der Waals surface area contributed by atoms with Crippen LogP contribution in [0.5, 0.6) is 5.19 Å². The lowest BCUT2D eigenvalue weighted by Crippen LogP contribution is -2.22. The molecule has 0 unspecified atom stereocenters. The Morgan fingerprint density at radius 2 is 2.40 bits per heavy atom. The number of hydrogen-bond donors (Lipinski definition) is 0. The Labute approximate surface area is 126 Å². The van der Waals surface area contributed by atoms with Gasteiger partial charge in [-0.05, 0) is 22.0 Å². The predicted molar refractivity (Wildman–Crippen MR) is 73.7 cm³/mol. The highest BCUT2D eigenvalue weighted by Crippen LogP contribution is 2.27. The van der Waals surface area contributed by atoms with Gasteiger partial charge in [-0.2, -0.15) is 9.06 Å². The number of nitrogens with zero attached hydrogens (tertiary/aromatic N) is 6. The number of hydrogen-bond acceptors (Lipinski definition) is 8. The number of ether oxygens (including phenoxy) is 1. The average Bonchev–Trinajstić information content (AvgIpc) is 3.11. The quantitative estimate of drug-likeness (QED) is 0.711. The highest BCUT2D eigenvalue weighted by Gasteiger charge is 2.19. The molecule has 104 valence electrons. The monoisotopic (exact) mass is 332 g/mol. The van der Waals surface area contributed by atoms with Crippen LogP contribution in [0, 0.1) is 0 Å². The smallest absolute Gasteiger partial charge is 0.369 e. The zero-order valence-electron chi connectivity index (χ0n) is 11.0. The third-order valence-electron chi connectivity index (χ3n) is 2.34. The Bertz CT molecular complexity index is 840. The van der Waals surface area contributed by atoms with E-state index in [0.717, 1.165) is 20.9 Å². The SMILES string of the molecule is [3H]c1csc(OCc2c(Cl)nsc2-n2nnn(C)c2=O)n1. The van der Waals surface area contributed by atoms with E-state index in [2.05, 4.69) is 19.8 Å². The van der Waals surface area contributed by atoms with Crippen LogP contribution in [-0.4, -0.2) is 29.1 Å². The summed E-state index contributed by atoms with van der Waals surface area (Å²) in [6, 6.07) is 0. The Hall–Kier alpha value is -1.78. The van der Waals surface area contributed by atoms with Crippen molar-refractivity contribution < 1.29 is 6.11 Å². The van der Waals surface area contributed by atoms with Crippen LogP contribution in [0.25, 0.3) is 5.00 Å². The summed E-state index contributed by atoms with van der Waals surface area (Å²) in [4.78, 5) is 15.7. The van der Waals surface area contributed by atoms with Crippen LogP contribution in [0.2, 0.25) is 5.15 Å². The van der Waals surface area contributed by atoms with E-state index in [1.807, 2.05) is 0 Å². The van der Waals surface area contributed by atoms with E-state index in [1.54, 1.807) is 5.38 Å². The van der Waals surface area contributed by atoms with E-state index >= 15 is 0 Å². The number of thiazole rings is 1. The fourth-order valence-electron chi connectivity index (χ4n) is 1.39. The molecule has 0 aliphatic rings. The third-order valence-corrected chi connectivity index (χ3v) is 4.25. The molecular formula is C9H7ClN6O2S2. The first-order valence-corrected chi connectivity index (χ1v) is 7.27. The molecule has 0 N–H and O–H groups in total. The second-order valence-electron chi connectivity index (χ2n) is 3.59. The first-order chi connectivity index (χ1) is 10.1. The second kappa shape index (κ2) is 5.31. The second-order valence-corrected chi connectivity index (χ2v) is 5.52. The molecule has 0 saturated carbocycles. The number of aromatic nitrogens is 6. The van der Waals surface area contributed by atoms with Crippen molar-refractivity contribution in [3.05, 3.63) is 32.8 Å². The Morgan fingerprint density at radius 3 is 3.05 bits per heavy atom. The highest BCUT2D eigenvalue weighted by molar-refractivity contribution is 7.11.